The molecule has 6 nitrogen and oxygen atoms in total. The van der Waals surface area contributed by atoms with Gasteiger partial charge in [-0.25, -0.2) is 0 Å². The number of nitrogens with zero attached hydrogens (tertiary/aromatic N) is 3. The first-order valence-corrected chi connectivity index (χ1v) is 10.5. The predicted molar refractivity (Wildman–Crippen MR) is 113 cm³/mol. The van der Waals surface area contributed by atoms with Crippen LogP contribution in [0.5, 0.6) is 5.75 Å². The first-order valence-electron chi connectivity index (χ1n) is 9.70. The number of amides is 2. The molecule has 2 aromatic carbocycles. The number of carbonyl (C=O) groups excluding carboxylic acids is 2. The topological polar surface area (TPSA) is 63.9 Å². The Morgan fingerprint density at radius 1 is 1.10 bits per heavy atom. The highest BCUT2D eigenvalue weighted by Gasteiger charge is 2.26. The molecule has 29 heavy (non-hydrogen) atoms. The first kappa shape index (κ1) is 19.4. The van der Waals surface area contributed by atoms with Crippen molar-refractivity contribution in [2.24, 2.45) is 4.99 Å². The van der Waals surface area contributed by atoms with Crippen LogP contribution in [0, 0.1) is 0 Å². The van der Waals surface area contributed by atoms with Crippen molar-refractivity contribution < 1.29 is 14.3 Å². The Morgan fingerprint density at radius 3 is 2.62 bits per heavy atom. The highest BCUT2D eigenvalue weighted by Crippen LogP contribution is 2.23. The van der Waals surface area contributed by atoms with Gasteiger partial charge in [-0.05, 0) is 50.1 Å². The maximum atomic E-state index is 13.0. The van der Waals surface area contributed by atoms with Crippen LogP contribution in [0.25, 0.3) is 10.2 Å². The SMILES string of the molecule is COc1cccc(C(=O)N=c2sc3ccccc3n2[C@H](C)C(=O)N2CCCC2)c1. The zero-order valence-corrected chi connectivity index (χ0v) is 17.3. The van der Waals surface area contributed by atoms with Crippen LogP contribution in [0.15, 0.2) is 53.5 Å². The lowest BCUT2D eigenvalue weighted by molar-refractivity contribution is -0.133. The number of rotatable bonds is 4. The van der Waals surface area contributed by atoms with Crippen molar-refractivity contribution >= 4 is 33.4 Å². The summed E-state index contributed by atoms with van der Waals surface area (Å²) < 4.78 is 8.09. The smallest absolute Gasteiger partial charge is 0.279 e. The van der Waals surface area contributed by atoms with E-state index in [0.717, 1.165) is 36.1 Å². The van der Waals surface area contributed by atoms with Gasteiger partial charge in [0, 0.05) is 18.7 Å². The molecule has 1 aromatic heterocycles. The van der Waals surface area contributed by atoms with E-state index >= 15 is 0 Å². The number of aromatic nitrogens is 1. The number of methoxy groups -OCH3 is 1. The molecule has 0 aliphatic carbocycles. The van der Waals surface area contributed by atoms with Gasteiger partial charge in [0.1, 0.15) is 11.8 Å². The zero-order valence-electron chi connectivity index (χ0n) is 16.5. The second kappa shape index (κ2) is 8.21. The van der Waals surface area contributed by atoms with Gasteiger partial charge in [-0.3, -0.25) is 9.59 Å². The first-order chi connectivity index (χ1) is 14.1. The summed E-state index contributed by atoms with van der Waals surface area (Å²) in [5, 5.41) is 0. The Balaban J connectivity index is 1.79. The summed E-state index contributed by atoms with van der Waals surface area (Å²) in [6, 6.07) is 14.3. The van der Waals surface area contributed by atoms with Crippen LogP contribution in [-0.4, -0.2) is 41.5 Å². The highest BCUT2D eigenvalue weighted by molar-refractivity contribution is 7.16. The number of carbonyl (C=O) groups is 2. The Kier molecular flexibility index (Phi) is 5.49. The van der Waals surface area contributed by atoms with E-state index in [0.29, 0.717) is 16.1 Å². The minimum Gasteiger partial charge on any atom is -0.497 e. The average molecular weight is 410 g/mol. The van der Waals surface area contributed by atoms with E-state index in [1.165, 1.54) is 11.3 Å². The average Bonchev–Trinajstić information content (AvgIpc) is 3.40. The van der Waals surface area contributed by atoms with Gasteiger partial charge >= 0.3 is 0 Å². The second-order valence-electron chi connectivity index (χ2n) is 7.08. The van der Waals surface area contributed by atoms with Crippen molar-refractivity contribution in [2.45, 2.75) is 25.8 Å². The number of fused-ring (bicyclic) bond motifs is 1. The van der Waals surface area contributed by atoms with Crippen molar-refractivity contribution in [3.05, 3.63) is 58.9 Å². The van der Waals surface area contributed by atoms with E-state index in [1.807, 2.05) is 40.7 Å². The number of hydrogen-bond acceptors (Lipinski definition) is 4. The molecule has 150 valence electrons. The minimum absolute atomic E-state index is 0.0707. The van der Waals surface area contributed by atoms with E-state index in [1.54, 1.807) is 31.4 Å². The molecule has 0 saturated carbocycles. The van der Waals surface area contributed by atoms with Crippen LogP contribution < -0.4 is 9.54 Å². The highest BCUT2D eigenvalue weighted by atomic mass is 32.1. The summed E-state index contributed by atoms with van der Waals surface area (Å²) in [5.74, 6) is 0.319. The summed E-state index contributed by atoms with van der Waals surface area (Å²) in [6.45, 7) is 3.47. The Morgan fingerprint density at radius 2 is 1.86 bits per heavy atom. The number of ether oxygens (including phenoxy) is 1. The standard InChI is InChI=1S/C22H23N3O3S/c1-15(21(27)24-12-5-6-13-24)25-18-10-3-4-11-19(18)29-22(25)23-20(26)16-8-7-9-17(14-16)28-2/h3-4,7-11,14-15H,5-6,12-13H2,1-2H3/t15-/m1/s1. The van der Waals surface area contributed by atoms with Gasteiger partial charge in [-0.1, -0.05) is 29.5 Å². The molecule has 1 saturated heterocycles. The van der Waals surface area contributed by atoms with Crippen LogP contribution in [0.1, 0.15) is 36.2 Å². The molecular weight excluding hydrogens is 386 g/mol. The maximum Gasteiger partial charge on any atom is 0.279 e. The summed E-state index contributed by atoms with van der Waals surface area (Å²) in [5.41, 5.74) is 1.36. The third-order valence-corrected chi connectivity index (χ3v) is 6.24. The van der Waals surface area contributed by atoms with E-state index in [2.05, 4.69) is 4.99 Å². The van der Waals surface area contributed by atoms with E-state index in [-0.39, 0.29) is 11.8 Å². The molecule has 0 bridgehead atoms. The fraction of sp³-hybridized carbons (Fsp3) is 0.318. The van der Waals surface area contributed by atoms with Gasteiger partial charge in [-0.15, -0.1) is 0 Å². The molecular formula is C22H23N3O3S. The third-order valence-electron chi connectivity index (χ3n) is 5.21. The maximum absolute atomic E-state index is 13.0. The molecule has 0 N–H and O–H groups in total. The number of benzene rings is 2. The summed E-state index contributed by atoms with van der Waals surface area (Å²) in [6.07, 6.45) is 2.08. The lowest BCUT2D eigenvalue weighted by Crippen LogP contribution is -2.36. The third kappa shape index (κ3) is 3.82. The molecule has 0 radical (unpaired) electrons. The van der Waals surface area contributed by atoms with Crippen LogP contribution in [0.2, 0.25) is 0 Å². The Bertz CT molecular complexity index is 1130. The van der Waals surface area contributed by atoms with Crippen molar-refractivity contribution in [2.75, 3.05) is 20.2 Å². The van der Waals surface area contributed by atoms with Crippen LogP contribution in [0.4, 0.5) is 0 Å². The molecule has 3 aromatic rings. The molecule has 7 heteroatoms. The Hall–Kier alpha value is -2.93. The predicted octanol–water partition coefficient (Wildman–Crippen LogP) is 3.64. The van der Waals surface area contributed by atoms with Crippen LogP contribution in [-0.2, 0) is 4.79 Å². The fourth-order valence-electron chi connectivity index (χ4n) is 3.66. The van der Waals surface area contributed by atoms with E-state index < -0.39 is 6.04 Å². The molecule has 2 heterocycles. The molecule has 1 atom stereocenters. The monoisotopic (exact) mass is 409 g/mol. The van der Waals surface area contributed by atoms with Gasteiger partial charge in [0.25, 0.3) is 5.91 Å². The van der Waals surface area contributed by atoms with Gasteiger partial charge in [0.15, 0.2) is 4.80 Å². The van der Waals surface area contributed by atoms with Crippen molar-refractivity contribution in [3.8, 4) is 5.75 Å². The van der Waals surface area contributed by atoms with E-state index in [4.69, 9.17) is 4.74 Å². The molecule has 0 unspecified atom stereocenters. The normalized spacial score (nSPS) is 15.7. The molecule has 2 amide bonds. The minimum atomic E-state index is -0.430. The summed E-state index contributed by atoms with van der Waals surface area (Å²) in [4.78, 5) is 32.7. The molecule has 1 aliphatic rings. The van der Waals surface area contributed by atoms with E-state index in [9.17, 15) is 9.59 Å². The van der Waals surface area contributed by atoms with Crippen molar-refractivity contribution in [1.29, 1.82) is 0 Å². The molecule has 1 fully saturated rings. The summed E-state index contributed by atoms with van der Waals surface area (Å²) >= 11 is 1.42. The number of hydrogen-bond donors (Lipinski definition) is 0. The lowest BCUT2D eigenvalue weighted by atomic mass is 10.2. The zero-order chi connectivity index (χ0) is 20.4. The largest absolute Gasteiger partial charge is 0.497 e. The summed E-state index contributed by atoms with van der Waals surface area (Å²) in [7, 11) is 1.56. The van der Waals surface area contributed by atoms with Gasteiger partial charge < -0.3 is 14.2 Å². The van der Waals surface area contributed by atoms with Gasteiger partial charge in [0.05, 0.1) is 17.3 Å². The lowest BCUT2D eigenvalue weighted by Gasteiger charge is -2.22. The molecule has 0 spiro atoms. The number of likely N-dealkylation sites (tertiary alicyclic amines) is 1. The second-order valence-corrected chi connectivity index (χ2v) is 8.09. The number of thiazole rings is 1. The van der Waals surface area contributed by atoms with Crippen LogP contribution in [0.3, 0.4) is 0 Å². The van der Waals surface area contributed by atoms with Crippen LogP contribution >= 0.6 is 11.3 Å². The van der Waals surface area contributed by atoms with Crippen molar-refractivity contribution in [1.82, 2.24) is 9.47 Å². The van der Waals surface area contributed by atoms with Crippen molar-refractivity contribution in [3.63, 3.8) is 0 Å². The quantitative estimate of drug-likeness (QED) is 0.661. The molecule has 4 rings (SSSR count). The molecule has 1 aliphatic heterocycles. The Labute approximate surface area is 173 Å². The van der Waals surface area contributed by atoms with Gasteiger partial charge in [0.2, 0.25) is 5.91 Å². The van der Waals surface area contributed by atoms with Gasteiger partial charge in [-0.2, -0.15) is 4.99 Å². The number of para-hydroxylation sites is 1. The fourth-order valence-corrected chi connectivity index (χ4v) is 4.76.